The molecule has 2 aromatic rings. The van der Waals surface area contributed by atoms with E-state index in [1.165, 1.54) is 5.57 Å². The lowest BCUT2D eigenvalue weighted by Gasteiger charge is -2.29. The van der Waals surface area contributed by atoms with Crippen LogP contribution in [0.1, 0.15) is 67.8 Å². The summed E-state index contributed by atoms with van der Waals surface area (Å²) in [5, 5.41) is 3.04. The van der Waals surface area contributed by atoms with E-state index in [1.54, 1.807) is 0 Å². The lowest BCUT2D eigenvalue weighted by molar-refractivity contribution is -0.123. The average Bonchev–Trinajstić information content (AvgIpc) is 2.83. The van der Waals surface area contributed by atoms with E-state index in [-0.39, 0.29) is 17.7 Å². The number of carbonyl (C=O) groups is 2. The lowest BCUT2D eigenvalue weighted by Crippen LogP contribution is -2.36. The van der Waals surface area contributed by atoms with Crippen LogP contribution in [0.5, 0.6) is 0 Å². The molecule has 0 radical (unpaired) electrons. The highest BCUT2D eigenvalue weighted by molar-refractivity contribution is 5.96. The van der Waals surface area contributed by atoms with E-state index < -0.39 is 0 Å². The Morgan fingerprint density at radius 3 is 2.44 bits per heavy atom. The van der Waals surface area contributed by atoms with Crippen LogP contribution in [0.25, 0.3) is 0 Å². The first kappa shape index (κ1) is 24.0. The molecule has 34 heavy (non-hydrogen) atoms. The van der Waals surface area contributed by atoms with Gasteiger partial charge < -0.3 is 10.2 Å². The maximum Gasteiger partial charge on any atom is 0.251 e. The average molecular weight is 457 g/mol. The maximum absolute atomic E-state index is 13.8. The molecule has 5 rings (SSSR count). The number of amides is 2. The number of benzene rings is 2. The van der Waals surface area contributed by atoms with Crippen LogP contribution in [-0.2, 0) is 11.3 Å². The van der Waals surface area contributed by atoms with Crippen molar-refractivity contribution in [1.82, 2.24) is 5.32 Å². The predicted molar refractivity (Wildman–Crippen MR) is 139 cm³/mol. The second-order valence-electron chi connectivity index (χ2n) is 9.68. The Kier molecular flexibility index (Phi) is 8.35. The minimum Gasteiger partial charge on any atom is -0.352 e. The van der Waals surface area contributed by atoms with Gasteiger partial charge >= 0.3 is 0 Å². The van der Waals surface area contributed by atoms with Gasteiger partial charge in [0.15, 0.2) is 0 Å². The van der Waals surface area contributed by atoms with Crippen molar-refractivity contribution in [3.8, 4) is 0 Å². The third-order valence-corrected chi connectivity index (χ3v) is 7.04. The number of fused-ring (bicyclic) bond motifs is 11. The van der Waals surface area contributed by atoms with E-state index in [1.807, 2.05) is 59.5 Å². The van der Waals surface area contributed by atoms with Gasteiger partial charge in [-0.3, -0.25) is 9.59 Å². The minimum absolute atomic E-state index is 0.0424. The summed E-state index contributed by atoms with van der Waals surface area (Å²) in [6.45, 7) is 3.19. The number of anilines is 1. The monoisotopic (exact) mass is 456 g/mol. The Hall–Kier alpha value is -3.14. The Morgan fingerprint density at radius 1 is 0.912 bits per heavy atom. The van der Waals surface area contributed by atoms with E-state index in [9.17, 15) is 9.59 Å². The summed E-state index contributed by atoms with van der Waals surface area (Å²) in [4.78, 5) is 28.5. The van der Waals surface area contributed by atoms with Crippen molar-refractivity contribution < 1.29 is 9.59 Å². The highest BCUT2D eigenvalue weighted by Gasteiger charge is 2.27. The first-order chi connectivity index (χ1) is 16.6. The molecule has 2 aliphatic heterocycles. The number of rotatable bonds is 1. The van der Waals surface area contributed by atoms with Gasteiger partial charge in [-0.2, -0.15) is 0 Å². The van der Waals surface area contributed by atoms with E-state index >= 15 is 0 Å². The molecule has 1 aliphatic carbocycles. The molecule has 0 spiro atoms. The van der Waals surface area contributed by atoms with Gasteiger partial charge in [-0.1, -0.05) is 67.0 Å². The van der Waals surface area contributed by atoms with Gasteiger partial charge in [0.05, 0.1) is 6.54 Å². The second kappa shape index (κ2) is 11.8. The molecule has 2 heterocycles. The van der Waals surface area contributed by atoms with E-state index in [0.717, 1.165) is 56.2 Å². The normalized spacial score (nSPS) is 25.2. The van der Waals surface area contributed by atoms with Crippen LogP contribution in [0.4, 0.5) is 5.69 Å². The van der Waals surface area contributed by atoms with Crippen molar-refractivity contribution in [2.24, 2.45) is 11.8 Å². The van der Waals surface area contributed by atoms with Crippen LogP contribution in [0.2, 0.25) is 0 Å². The van der Waals surface area contributed by atoms with Crippen LogP contribution in [0, 0.1) is 11.8 Å². The second-order valence-corrected chi connectivity index (χ2v) is 9.68. The lowest BCUT2D eigenvalue weighted by atomic mass is 9.84. The summed E-state index contributed by atoms with van der Waals surface area (Å²) in [5.41, 5.74) is 3.78. The molecule has 1 saturated carbocycles. The molecular formula is C30H36N2O2. The third-order valence-electron chi connectivity index (χ3n) is 7.04. The molecule has 178 valence electrons. The summed E-state index contributed by atoms with van der Waals surface area (Å²) in [6.07, 6.45) is 13.8. The molecule has 4 bridgehead atoms. The van der Waals surface area contributed by atoms with Crippen LogP contribution in [0.15, 0.2) is 78.4 Å². The van der Waals surface area contributed by atoms with Gasteiger partial charge in [-0.05, 0) is 74.8 Å². The van der Waals surface area contributed by atoms with E-state index in [2.05, 4.69) is 30.5 Å². The van der Waals surface area contributed by atoms with Gasteiger partial charge in [-0.15, -0.1) is 0 Å². The zero-order chi connectivity index (χ0) is 23.8. The van der Waals surface area contributed by atoms with Gasteiger partial charge in [0.2, 0.25) is 5.91 Å². The van der Waals surface area contributed by atoms with Crippen molar-refractivity contribution in [2.45, 2.75) is 58.4 Å². The van der Waals surface area contributed by atoms with Crippen molar-refractivity contribution in [3.05, 3.63) is 89.5 Å². The summed E-state index contributed by atoms with van der Waals surface area (Å²) >= 11 is 0. The van der Waals surface area contributed by atoms with Crippen molar-refractivity contribution in [2.75, 3.05) is 11.4 Å². The smallest absolute Gasteiger partial charge is 0.251 e. The van der Waals surface area contributed by atoms with Gasteiger partial charge in [0.1, 0.15) is 0 Å². The SMILES string of the molecule is C/C1=C\C=C/C2CCCC(CCC2)C(=O)N(c2ccccc2)Cc2cccc(c2)C(=O)NCC1. The number of nitrogens with one attached hydrogen (secondary N) is 1. The quantitative estimate of drug-likeness (QED) is 0.537. The Labute approximate surface area is 203 Å². The molecule has 0 atom stereocenters. The fourth-order valence-electron chi connectivity index (χ4n) is 5.03. The summed E-state index contributed by atoms with van der Waals surface area (Å²) < 4.78 is 0. The number of carbonyl (C=O) groups excluding carboxylic acids is 2. The first-order valence-electron chi connectivity index (χ1n) is 12.7. The predicted octanol–water partition coefficient (Wildman–Crippen LogP) is 6.44. The number of hydrogen-bond acceptors (Lipinski definition) is 2. The molecule has 0 unspecified atom stereocenters. The fourth-order valence-corrected chi connectivity index (χ4v) is 5.03. The highest BCUT2D eigenvalue weighted by Crippen LogP contribution is 2.30. The Bertz CT molecular complexity index is 1030. The molecule has 2 aromatic carbocycles. The zero-order valence-electron chi connectivity index (χ0n) is 20.2. The number of hydrogen-bond donors (Lipinski definition) is 1. The van der Waals surface area contributed by atoms with Gasteiger partial charge in [0, 0.05) is 23.7 Å². The molecule has 3 aliphatic rings. The van der Waals surface area contributed by atoms with Gasteiger partial charge in [-0.25, -0.2) is 0 Å². The van der Waals surface area contributed by atoms with Crippen LogP contribution < -0.4 is 10.2 Å². The molecule has 1 fully saturated rings. The Balaban J connectivity index is 1.65. The summed E-state index contributed by atoms with van der Waals surface area (Å²) in [7, 11) is 0. The van der Waals surface area contributed by atoms with Crippen LogP contribution in [-0.4, -0.2) is 18.4 Å². The van der Waals surface area contributed by atoms with Crippen molar-refractivity contribution >= 4 is 17.5 Å². The number of nitrogens with zero attached hydrogens (tertiary/aromatic N) is 1. The Morgan fingerprint density at radius 2 is 1.68 bits per heavy atom. The standard InChI is InChI=1S/C30H36N2O2/c1-23-9-5-10-24-11-6-14-26(15-7-12-24)30(34)32(28-17-3-2-4-18-28)22-25-13-8-16-27(21-25)29(33)31-20-19-23/h2-5,8-10,13,16-18,21,24,26H,6-7,11-12,14-15,19-20,22H2,1H3,(H,31,33)/b10-5-,23-9+. The van der Waals surface area contributed by atoms with Crippen molar-refractivity contribution in [1.29, 1.82) is 0 Å². The zero-order valence-corrected chi connectivity index (χ0v) is 20.2. The summed E-state index contributed by atoms with van der Waals surface area (Å²) in [6, 6.07) is 17.6. The third kappa shape index (κ3) is 6.47. The van der Waals surface area contributed by atoms with E-state index in [0.29, 0.717) is 24.6 Å². The molecule has 4 nitrogen and oxygen atoms in total. The maximum atomic E-state index is 13.8. The first-order valence-corrected chi connectivity index (χ1v) is 12.7. The molecule has 4 heteroatoms. The van der Waals surface area contributed by atoms with Crippen molar-refractivity contribution in [3.63, 3.8) is 0 Å². The van der Waals surface area contributed by atoms with Gasteiger partial charge in [0.25, 0.3) is 5.91 Å². The van der Waals surface area contributed by atoms with Crippen LogP contribution >= 0.6 is 0 Å². The molecule has 1 N–H and O–H groups in total. The molecule has 0 saturated heterocycles. The minimum atomic E-state index is -0.0726. The molecule has 2 amide bonds. The fraction of sp³-hybridized carbons (Fsp3) is 0.400. The molecular weight excluding hydrogens is 420 g/mol. The molecule has 0 aromatic heterocycles. The highest BCUT2D eigenvalue weighted by atomic mass is 16.2. The largest absolute Gasteiger partial charge is 0.352 e. The van der Waals surface area contributed by atoms with Crippen LogP contribution in [0.3, 0.4) is 0 Å². The number of allylic oxidation sites excluding steroid dienone is 3. The summed E-state index contributed by atoms with van der Waals surface area (Å²) in [5.74, 6) is 0.748. The topological polar surface area (TPSA) is 49.4 Å². The van der Waals surface area contributed by atoms with E-state index in [4.69, 9.17) is 0 Å². The number of para-hydroxylation sites is 1.